The van der Waals surface area contributed by atoms with Gasteiger partial charge in [-0.25, -0.2) is 0 Å². The van der Waals surface area contributed by atoms with Crippen LogP contribution in [0.4, 0.5) is 0 Å². The summed E-state index contributed by atoms with van der Waals surface area (Å²) in [4.78, 5) is 38.5. The first kappa shape index (κ1) is 80.9. The third-order valence-corrected chi connectivity index (χ3v) is 17.4. The third kappa shape index (κ3) is 70.5. The van der Waals surface area contributed by atoms with Gasteiger partial charge in [0.2, 0.25) is 0 Å². The molecule has 0 fully saturated rings. The van der Waals surface area contributed by atoms with Crippen molar-refractivity contribution < 1.29 is 28.6 Å². The minimum Gasteiger partial charge on any atom is -0.462 e. The smallest absolute Gasteiger partial charge is 0.306 e. The first-order chi connectivity index (χ1) is 41.0. The van der Waals surface area contributed by atoms with Crippen LogP contribution in [0, 0.1) is 0 Å². The average Bonchev–Trinajstić information content (AvgIpc) is 3.49. The predicted molar refractivity (Wildman–Crippen MR) is 363 cm³/mol. The van der Waals surface area contributed by atoms with Crippen LogP contribution in [0.3, 0.4) is 0 Å². The van der Waals surface area contributed by atoms with E-state index in [1.165, 1.54) is 327 Å². The molecule has 0 aromatic heterocycles. The third-order valence-electron chi connectivity index (χ3n) is 17.4. The number of allylic oxidation sites excluding steroid dienone is 4. The van der Waals surface area contributed by atoms with Crippen LogP contribution in [-0.4, -0.2) is 37.2 Å². The Hall–Kier alpha value is -2.11. The number of carbonyl (C=O) groups is 3. The van der Waals surface area contributed by atoms with Crippen molar-refractivity contribution in [2.24, 2.45) is 0 Å². The molecule has 0 bridgehead atoms. The number of hydrogen-bond donors (Lipinski definition) is 0. The van der Waals surface area contributed by atoms with Crippen molar-refractivity contribution in [3.63, 3.8) is 0 Å². The second kappa shape index (κ2) is 72.4. The summed E-state index contributed by atoms with van der Waals surface area (Å²) < 4.78 is 17.0. The van der Waals surface area contributed by atoms with Gasteiger partial charge in [0.1, 0.15) is 13.2 Å². The summed E-state index contributed by atoms with van der Waals surface area (Å²) in [6, 6.07) is 0. The predicted octanol–water partition coefficient (Wildman–Crippen LogP) is 26.1. The van der Waals surface area contributed by atoms with Crippen molar-refractivity contribution in [1.82, 2.24) is 0 Å². The molecule has 0 aliphatic rings. The molecule has 0 N–H and O–H groups in total. The highest BCUT2D eigenvalue weighted by atomic mass is 16.6. The number of ether oxygens (including phenoxy) is 3. The molecule has 6 nitrogen and oxygen atoms in total. The molecule has 1 atom stereocenters. The SMILES string of the molecule is CCCCC/C=C\CCCCCCCC(=O)OCC(COC(=O)CCCCCCCCCCCCCCCCC/C=C\CCCCCCCCCC)OC(=O)CCCCCCCCCCCCCCCCCCCCCCCCCCCC. The molecule has 0 amide bonds. The van der Waals surface area contributed by atoms with E-state index in [4.69, 9.17) is 14.2 Å². The molecule has 490 valence electrons. The zero-order valence-electron chi connectivity index (χ0n) is 56.5. The second-order valence-corrected chi connectivity index (χ2v) is 25.9. The van der Waals surface area contributed by atoms with E-state index >= 15 is 0 Å². The molecule has 0 rings (SSSR count). The lowest BCUT2D eigenvalue weighted by Gasteiger charge is -2.18. The van der Waals surface area contributed by atoms with E-state index in [9.17, 15) is 14.4 Å². The largest absolute Gasteiger partial charge is 0.462 e. The Morgan fingerprint density at radius 3 is 0.627 bits per heavy atom. The molecule has 0 spiro atoms. The van der Waals surface area contributed by atoms with Crippen molar-refractivity contribution in [2.75, 3.05) is 13.2 Å². The standard InChI is InChI=1S/C77H146O6/c1-4-7-10-13-16-19-22-25-27-29-31-33-35-37-39-41-42-44-46-48-50-52-55-58-61-64-67-70-76(79)82-73-74(72-81-75(78)69-66-63-60-57-54-24-21-18-15-12-9-6-3)83-77(80)71-68-65-62-59-56-53-51-49-47-45-43-40-38-36-34-32-30-28-26-23-20-17-14-11-8-5-2/h18,21,29,31,74H,4-17,19-20,22-28,30,32-73H2,1-3H3/b21-18-,31-29-. The van der Waals surface area contributed by atoms with Crippen molar-refractivity contribution in [2.45, 2.75) is 438 Å². The quantitative estimate of drug-likeness (QED) is 0.0261. The average molecular weight is 1170 g/mol. The van der Waals surface area contributed by atoms with Gasteiger partial charge in [-0.05, 0) is 70.6 Å². The minimum absolute atomic E-state index is 0.0677. The Morgan fingerprint density at radius 1 is 0.229 bits per heavy atom. The summed E-state index contributed by atoms with van der Waals surface area (Å²) in [6.07, 6.45) is 89.5. The van der Waals surface area contributed by atoms with Crippen LogP contribution >= 0.6 is 0 Å². The van der Waals surface area contributed by atoms with Crippen LogP contribution in [0.25, 0.3) is 0 Å². The van der Waals surface area contributed by atoms with E-state index in [0.717, 1.165) is 64.2 Å². The van der Waals surface area contributed by atoms with E-state index in [1.807, 2.05) is 0 Å². The fourth-order valence-corrected chi connectivity index (χ4v) is 11.7. The molecule has 0 heterocycles. The monoisotopic (exact) mass is 1170 g/mol. The summed E-state index contributed by atoms with van der Waals surface area (Å²) in [6.45, 7) is 6.70. The Bertz CT molecular complexity index is 1340. The van der Waals surface area contributed by atoms with Crippen LogP contribution in [0.1, 0.15) is 432 Å². The maximum atomic E-state index is 13.0. The van der Waals surface area contributed by atoms with Gasteiger partial charge in [-0.15, -0.1) is 0 Å². The van der Waals surface area contributed by atoms with E-state index in [2.05, 4.69) is 45.1 Å². The summed E-state index contributed by atoms with van der Waals surface area (Å²) in [5.74, 6) is -0.843. The highest BCUT2D eigenvalue weighted by Gasteiger charge is 2.20. The highest BCUT2D eigenvalue weighted by molar-refractivity contribution is 5.71. The Kier molecular flexibility index (Phi) is 70.5. The van der Waals surface area contributed by atoms with E-state index in [1.54, 1.807) is 0 Å². The van der Waals surface area contributed by atoms with E-state index in [0.29, 0.717) is 19.3 Å². The lowest BCUT2D eigenvalue weighted by molar-refractivity contribution is -0.167. The molecule has 0 saturated heterocycles. The number of unbranched alkanes of at least 4 members (excludes halogenated alkanes) is 56. The first-order valence-electron chi connectivity index (χ1n) is 37.8. The van der Waals surface area contributed by atoms with Crippen LogP contribution in [0.5, 0.6) is 0 Å². The van der Waals surface area contributed by atoms with Crippen LogP contribution < -0.4 is 0 Å². The number of rotatable bonds is 71. The topological polar surface area (TPSA) is 78.9 Å². The van der Waals surface area contributed by atoms with Crippen molar-refractivity contribution in [3.05, 3.63) is 24.3 Å². The number of hydrogen-bond acceptors (Lipinski definition) is 6. The molecule has 83 heavy (non-hydrogen) atoms. The maximum Gasteiger partial charge on any atom is 0.306 e. The van der Waals surface area contributed by atoms with Gasteiger partial charge >= 0.3 is 17.9 Å². The number of carbonyl (C=O) groups excluding carboxylic acids is 3. The molecule has 0 radical (unpaired) electrons. The van der Waals surface area contributed by atoms with E-state index in [-0.39, 0.29) is 31.1 Å². The first-order valence-corrected chi connectivity index (χ1v) is 37.8. The summed E-state index contributed by atoms with van der Waals surface area (Å²) in [5.41, 5.74) is 0. The molecule has 1 unspecified atom stereocenters. The highest BCUT2D eigenvalue weighted by Crippen LogP contribution is 2.19. The zero-order chi connectivity index (χ0) is 59.9. The second-order valence-electron chi connectivity index (χ2n) is 25.9. The van der Waals surface area contributed by atoms with Gasteiger partial charge in [-0.2, -0.15) is 0 Å². The van der Waals surface area contributed by atoms with Crippen LogP contribution in [0.2, 0.25) is 0 Å². The Balaban J connectivity index is 4.15. The molecule has 0 aliphatic heterocycles. The summed E-state index contributed by atoms with van der Waals surface area (Å²) >= 11 is 0. The zero-order valence-corrected chi connectivity index (χ0v) is 56.5. The number of esters is 3. The Labute approximate surface area is 519 Å². The van der Waals surface area contributed by atoms with Crippen LogP contribution in [0.15, 0.2) is 24.3 Å². The molecule has 0 aromatic carbocycles. The van der Waals surface area contributed by atoms with E-state index < -0.39 is 6.10 Å². The van der Waals surface area contributed by atoms with Gasteiger partial charge in [-0.3, -0.25) is 14.4 Å². The van der Waals surface area contributed by atoms with Gasteiger partial charge in [0.05, 0.1) is 0 Å². The van der Waals surface area contributed by atoms with Gasteiger partial charge < -0.3 is 14.2 Å². The van der Waals surface area contributed by atoms with Gasteiger partial charge in [0.25, 0.3) is 0 Å². The molecule has 6 heteroatoms. The fourth-order valence-electron chi connectivity index (χ4n) is 11.7. The fraction of sp³-hybridized carbons (Fsp3) is 0.909. The lowest BCUT2D eigenvalue weighted by atomic mass is 10.0. The van der Waals surface area contributed by atoms with Crippen LogP contribution in [-0.2, 0) is 28.6 Å². The lowest BCUT2D eigenvalue weighted by Crippen LogP contribution is -2.30. The van der Waals surface area contributed by atoms with Crippen molar-refractivity contribution in [1.29, 1.82) is 0 Å². The maximum absolute atomic E-state index is 13.0. The molecule has 0 aromatic rings. The molecular weight excluding hydrogens is 1020 g/mol. The van der Waals surface area contributed by atoms with Crippen molar-refractivity contribution in [3.8, 4) is 0 Å². The normalized spacial score (nSPS) is 12.1. The molecule has 0 aliphatic carbocycles. The summed E-state index contributed by atoms with van der Waals surface area (Å²) in [7, 11) is 0. The van der Waals surface area contributed by atoms with Gasteiger partial charge in [0, 0.05) is 19.3 Å². The summed E-state index contributed by atoms with van der Waals surface area (Å²) in [5, 5.41) is 0. The van der Waals surface area contributed by atoms with Gasteiger partial charge in [-0.1, -0.05) is 366 Å². The molecular formula is C77H146O6. The van der Waals surface area contributed by atoms with Gasteiger partial charge in [0.15, 0.2) is 6.10 Å². The minimum atomic E-state index is -0.772. The molecule has 0 saturated carbocycles. The van der Waals surface area contributed by atoms with Crippen molar-refractivity contribution >= 4 is 17.9 Å². The Morgan fingerprint density at radius 2 is 0.398 bits per heavy atom.